The lowest BCUT2D eigenvalue weighted by molar-refractivity contribution is -0.262. The van der Waals surface area contributed by atoms with E-state index in [-0.39, 0.29) is 59.1 Å². The number of aliphatic hydroxyl groups is 2. The molecule has 0 radical (unpaired) electrons. The maximum Gasteiger partial charge on any atom is 0.309 e. The molecular formula is C33H60O6. The Bertz CT molecular complexity index is 851. The van der Waals surface area contributed by atoms with Crippen LogP contribution in [0.15, 0.2) is 0 Å². The van der Waals surface area contributed by atoms with Gasteiger partial charge in [-0.25, -0.2) is 0 Å². The number of carbonyl (C=O) groups excluding carboxylic acids is 2. The summed E-state index contributed by atoms with van der Waals surface area (Å²) < 4.78 is 12.5. The Balaban J connectivity index is 0.00000133. The number of esters is 2. The fourth-order valence-corrected chi connectivity index (χ4v) is 10.2. The molecule has 0 saturated heterocycles. The zero-order valence-corrected chi connectivity index (χ0v) is 21.8. The highest BCUT2D eigenvalue weighted by atomic mass is 16.6. The number of carbonyl (C=O) groups is 2. The summed E-state index contributed by atoms with van der Waals surface area (Å²) in [5, 5.41) is 22.0. The van der Waals surface area contributed by atoms with Crippen molar-refractivity contribution in [2.75, 3.05) is 0 Å². The van der Waals surface area contributed by atoms with Crippen molar-refractivity contribution < 1.29 is 29.3 Å². The van der Waals surface area contributed by atoms with Crippen LogP contribution in [-0.4, -0.2) is 44.6 Å². The Morgan fingerprint density at radius 3 is 1.74 bits per heavy atom. The monoisotopic (exact) mass is 552 g/mol. The van der Waals surface area contributed by atoms with Crippen LogP contribution in [0, 0.1) is 41.4 Å². The van der Waals surface area contributed by atoms with E-state index >= 15 is 0 Å². The standard InChI is InChI=1S/C29H44O6.4CH4/c1-4-21(25(31)34-26(3)22-7-18-6-19(9-22)10-23(26)8-18)5-17(2)24(30)35-29-13-20-11-27(32,15-29)14-28(33,12-20)16-29;;;;/h17-23,32-33H,4-16H2,1-3H3;4*1H4. The van der Waals surface area contributed by atoms with Gasteiger partial charge in [0.2, 0.25) is 0 Å². The Morgan fingerprint density at radius 2 is 1.28 bits per heavy atom. The molecule has 8 aliphatic carbocycles. The largest absolute Gasteiger partial charge is 0.459 e. The molecule has 0 spiro atoms. The van der Waals surface area contributed by atoms with Gasteiger partial charge in [0.05, 0.1) is 23.0 Å². The average Bonchev–Trinajstić information content (AvgIpc) is 2.72. The van der Waals surface area contributed by atoms with Crippen LogP contribution in [0.5, 0.6) is 0 Å². The number of hydrogen-bond acceptors (Lipinski definition) is 6. The Hall–Kier alpha value is -1.14. The molecule has 4 atom stereocenters. The van der Waals surface area contributed by atoms with E-state index in [4.69, 9.17) is 9.47 Å². The lowest BCUT2D eigenvalue weighted by Crippen LogP contribution is -2.67. The molecule has 2 N–H and O–H groups in total. The third-order valence-corrected chi connectivity index (χ3v) is 11.2. The quantitative estimate of drug-likeness (QED) is 0.328. The van der Waals surface area contributed by atoms with Gasteiger partial charge in [0.25, 0.3) is 0 Å². The maximum absolute atomic E-state index is 13.4. The Morgan fingerprint density at radius 1 is 0.769 bits per heavy atom. The highest BCUT2D eigenvalue weighted by molar-refractivity contribution is 5.76. The van der Waals surface area contributed by atoms with Crippen molar-refractivity contribution in [2.24, 2.45) is 41.4 Å². The summed E-state index contributed by atoms with van der Waals surface area (Å²) in [5.74, 6) is 1.58. The van der Waals surface area contributed by atoms with Crippen molar-refractivity contribution in [3.05, 3.63) is 0 Å². The van der Waals surface area contributed by atoms with Crippen molar-refractivity contribution in [1.82, 2.24) is 0 Å². The predicted molar refractivity (Wildman–Crippen MR) is 156 cm³/mol. The summed E-state index contributed by atoms with van der Waals surface area (Å²) in [6.45, 7) is 6.00. The maximum atomic E-state index is 13.4. The molecule has 0 aromatic rings. The molecule has 4 unspecified atom stereocenters. The molecular weight excluding hydrogens is 492 g/mol. The minimum Gasteiger partial charge on any atom is -0.459 e. The molecule has 8 bridgehead atoms. The van der Waals surface area contributed by atoms with Crippen LogP contribution < -0.4 is 0 Å². The molecule has 0 amide bonds. The topological polar surface area (TPSA) is 93.1 Å². The van der Waals surface area contributed by atoms with Crippen LogP contribution in [0.4, 0.5) is 0 Å². The van der Waals surface area contributed by atoms with E-state index in [0.29, 0.717) is 56.8 Å². The fourth-order valence-electron chi connectivity index (χ4n) is 10.2. The predicted octanol–water partition coefficient (Wildman–Crippen LogP) is 7.08. The van der Waals surface area contributed by atoms with E-state index in [1.54, 1.807) is 0 Å². The zero-order chi connectivity index (χ0) is 24.8. The van der Waals surface area contributed by atoms with E-state index in [1.807, 2.05) is 13.8 Å². The van der Waals surface area contributed by atoms with Gasteiger partial charge in [-0.05, 0) is 101 Å². The smallest absolute Gasteiger partial charge is 0.309 e. The molecule has 8 aliphatic rings. The third-order valence-electron chi connectivity index (χ3n) is 11.2. The van der Waals surface area contributed by atoms with E-state index in [9.17, 15) is 19.8 Å². The fraction of sp³-hybridized carbons (Fsp3) is 0.939. The normalized spacial score (nSPS) is 45.5. The van der Waals surface area contributed by atoms with Crippen LogP contribution in [0.1, 0.15) is 134 Å². The van der Waals surface area contributed by atoms with Gasteiger partial charge < -0.3 is 19.7 Å². The molecule has 228 valence electrons. The molecule has 39 heavy (non-hydrogen) atoms. The molecule has 8 rings (SSSR count). The number of rotatable bonds is 7. The van der Waals surface area contributed by atoms with Gasteiger partial charge in [-0.1, -0.05) is 43.6 Å². The molecule has 0 aliphatic heterocycles. The van der Waals surface area contributed by atoms with E-state index in [1.165, 1.54) is 32.1 Å². The van der Waals surface area contributed by atoms with Crippen molar-refractivity contribution in [3.63, 3.8) is 0 Å². The van der Waals surface area contributed by atoms with Gasteiger partial charge in [0.1, 0.15) is 11.2 Å². The summed E-state index contributed by atoms with van der Waals surface area (Å²) >= 11 is 0. The molecule has 0 aromatic heterocycles. The minimum absolute atomic E-state index is 0. The van der Waals surface area contributed by atoms with Gasteiger partial charge in [0.15, 0.2) is 0 Å². The van der Waals surface area contributed by atoms with Gasteiger partial charge in [-0.3, -0.25) is 9.59 Å². The van der Waals surface area contributed by atoms with Gasteiger partial charge >= 0.3 is 11.9 Å². The Kier molecular flexibility index (Phi) is 9.84. The summed E-state index contributed by atoms with van der Waals surface area (Å²) in [6, 6.07) is 0. The van der Waals surface area contributed by atoms with Crippen LogP contribution in [-0.2, 0) is 19.1 Å². The van der Waals surface area contributed by atoms with Gasteiger partial charge in [-0.2, -0.15) is 0 Å². The second kappa shape index (κ2) is 11.3. The minimum atomic E-state index is -0.929. The second-order valence-electron chi connectivity index (χ2n) is 14.2. The molecule has 0 heterocycles. The first-order chi connectivity index (χ1) is 16.4. The van der Waals surface area contributed by atoms with Crippen molar-refractivity contribution in [1.29, 1.82) is 0 Å². The average molecular weight is 553 g/mol. The van der Waals surface area contributed by atoms with Crippen LogP contribution >= 0.6 is 0 Å². The van der Waals surface area contributed by atoms with Gasteiger partial charge in [-0.15, -0.1) is 0 Å². The molecule has 6 heteroatoms. The summed E-state index contributed by atoms with van der Waals surface area (Å²) in [7, 11) is 0. The Labute approximate surface area is 239 Å². The highest BCUT2D eigenvalue weighted by Crippen LogP contribution is 2.61. The summed E-state index contributed by atoms with van der Waals surface area (Å²) in [6.07, 6.45) is 10.5. The number of ether oxygens (including phenoxy) is 2. The lowest BCUT2D eigenvalue weighted by Gasteiger charge is -2.62. The third kappa shape index (κ3) is 5.80. The van der Waals surface area contributed by atoms with Crippen molar-refractivity contribution >= 4 is 11.9 Å². The molecule has 0 aromatic carbocycles. The van der Waals surface area contributed by atoms with Crippen molar-refractivity contribution in [3.8, 4) is 0 Å². The molecule has 8 saturated carbocycles. The second-order valence-corrected chi connectivity index (χ2v) is 14.2. The van der Waals surface area contributed by atoms with E-state index < -0.39 is 22.7 Å². The SMILES string of the molecule is C.C.C.C.CCC(CC(C)C(=O)OC12CC3CC(O)(CC(O)(C3)C1)C2)C(=O)OC1(C)C2CC3CC(C2)CC1C3. The van der Waals surface area contributed by atoms with Crippen molar-refractivity contribution in [2.45, 2.75) is 156 Å². The first-order valence-electron chi connectivity index (χ1n) is 14.3. The first-order valence-corrected chi connectivity index (χ1v) is 14.3. The van der Waals surface area contributed by atoms with Crippen LogP contribution in [0.3, 0.4) is 0 Å². The first kappa shape index (κ1) is 34.1. The van der Waals surface area contributed by atoms with Crippen LogP contribution in [0.2, 0.25) is 0 Å². The molecule has 6 nitrogen and oxygen atoms in total. The number of hydrogen-bond donors (Lipinski definition) is 2. The lowest BCUT2D eigenvalue weighted by atomic mass is 9.50. The van der Waals surface area contributed by atoms with Crippen LogP contribution in [0.25, 0.3) is 0 Å². The van der Waals surface area contributed by atoms with E-state index in [2.05, 4.69) is 6.92 Å². The van der Waals surface area contributed by atoms with E-state index in [0.717, 1.165) is 18.3 Å². The van der Waals surface area contributed by atoms with Gasteiger partial charge in [0, 0.05) is 19.3 Å². The summed E-state index contributed by atoms with van der Waals surface area (Å²) in [5.41, 5.74) is -2.99. The summed E-state index contributed by atoms with van der Waals surface area (Å²) in [4.78, 5) is 26.6. The highest BCUT2D eigenvalue weighted by Gasteiger charge is 2.64. The molecule has 8 fully saturated rings. The zero-order valence-electron chi connectivity index (χ0n) is 21.8.